The van der Waals surface area contributed by atoms with Crippen molar-refractivity contribution in [3.8, 4) is 6.01 Å². The van der Waals surface area contributed by atoms with Crippen LogP contribution in [0, 0.1) is 5.82 Å². The van der Waals surface area contributed by atoms with E-state index < -0.39 is 5.82 Å². The van der Waals surface area contributed by atoms with Crippen LogP contribution < -0.4 is 4.84 Å². The van der Waals surface area contributed by atoms with Gasteiger partial charge in [0.05, 0.1) is 18.2 Å². The molecule has 0 spiro atoms. The van der Waals surface area contributed by atoms with E-state index >= 15 is 0 Å². The molecule has 0 N–H and O–H groups in total. The molecule has 0 unspecified atom stereocenters. The topological polar surface area (TPSA) is 63.0 Å². The Kier molecular flexibility index (Phi) is 5.13. The first-order valence-electron chi connectivity index (χ1n) is 6.56. The number of aromatic nitrogens is 2. The first-order chi connectivity index (χ1) is 10.6. The number of nitrogens with zero attached hydrogens (tertiary/aromatic N) is 5. The van der Waals surface area contributed by atoms with E-state index in [0.717, 1.165) is 11.8 Å². The highest BCUT2D eigenvalue weighted by Gasteiger charge is 2.07. The summed E-state index contributed by atoms with van der Waals surface area (Å²) in [5.41, 5.74) is 1.57. The van der Waals surface area contributed by atoms with Crippen molar-refractivity contribution in [2.45, 2.75) is 6.92 Å². The summed E-state index contributed by atoms with van der Waals surface area (Å²) in [6.45, 7) is 1.80. The molecule has 0 radical (unpaired) electrons. The maximum Gasteiger partial charge on any atom is 0.347 e. The molecule has 1 heterocycles. The van der Waals surface area contributed by atoms with Gasteiger partial charge in [0.2, 0.25) is 0 Å². The van der Waals surface area contributed by atoms with Crippen LogP contribution in [-0.2, 0) is 0 Å². The Morgan fingerprint density at radius 1 is 1.27 bits per heavy atom. The summed E-state index contributed by atoms with van der Waals surface area (Å²) < 4.78 is 13.5. The van der Waals surface area contributed by atoms with Crippen molar-refractivity contribution < 1.29 is 9.23 Å². The molecule has 2 rings (SSSR count). The highest BCUT2D eigenvalue weighted by molar-refractivity contribution is 5.98. The van der Waals surface area contributed by atoms with Crippen LogP contribution >= 0.6 is 0 Å². The van der Waals surface area contributed by atoms with Crippen LogP contribution in [0.3, 0.4) is 0 Å². The maximum absolute atomic E-state index is 13.5. The van der Waals surface area contributed by atoms with Gasteiger partial charge in [0, 0.05) is 14.1 Å². The zero-order valence-corrected chi connectivity index (χ0v) is 12.6. The summed E-state index contributed by atoms with van der Waals surface area (Å²) in [4.78, 5) is 18.3. The Hall–Kier alpha value is -2.83. The van der Waals surface area contributed by atoms with Gasteiger partial charge >= 0.3 is 6.01 Å². The van der Waals surface area contributed by atoms with Gasteiger partial charge in [-0.3, -0.25) is 0 Å². The van der Waals surface area contributed by atoms with Gasteiger partial charge in [0.25, 0.3) is 0 Å². The van der Waals surface area contributed by atoms with Crippen LogP contribution in [0.25, 0.3) is 0 Å². The molecule has 1 aromatic heterocycles. The minimum Gasteiger partial charge on any atom is -0.369 e. The zero-order chi connectivity index (χ0) is 15.9. The second kappa shape index (κ2) is 7.26. The average Bonchev–Trinajstić information content (AvgIpc) is 2.53. The van der Waals surface area contributed by atoms with Gasteiger partial charge in [-0.25, -0.2) is 9.38 Å². The SMILES string of the molecule is C/C(=N\Oc1ncc(F)c(N=CN(C)C)n1)c1ccccc1. The molecule has 0 aliphatic rings. The number of oxime groups is 1. The Morgan fingerprint density at radius 2 is 2.00 bits per heavy atom. The van der Waals surface area contributed by atoms with Gasteiger partial charge in [-0.1, -0.05) is 35.5 Å². The van der Waals surface area contributed by atoms with Crippen molar-refractivity contribution in [1.29, 1.82) is 0 Å². The number of hydrogen-bond acceptors (Lipinski definition) is 5. The molecule has 0 atom stereocenters. The first kappa shape index (κ1) is 15.6. The van der Waals surface area contributed by atoms with Gasteiger partial charge in [-0.15, -0.1) is 0 Å². The van der Waals surface area contributed by atoms with Gasteiger partial charge in [0.1, 0.15) is 0 Å². The molecule has 0 saturated heterocycles. The van der Waals surface area contributed by atoms with E-state index in [-0.39, 0.29) is 11.8 Å². The number of hydrogen-bond donors (Lipinski definition) is 0. The summed E-state index contributed by atoms with van der Waals surface area (Å²) >= 11 is 0. The quantitative estimate of drug-likeness (QED) is 0.484. The lowest BCUT2D eigenvalue weighted by molar-refractivity contribution is 0.311. The van der Waals surface area contributed by atoms with E-state index in [9.17, 15) is 4.39 Å². The lowest BCUT2D eigenvalue weighted by Gasteiger charge is -2.03. The monoisotopic (exact) mass is 301 g/mol. The molecule has 0 saturated carbocycles. The number of benzene rings is 1. The van der Waals surface area contributed by atoms with Crippen LogP contribution in [0.15, 0.2) is 46.7 Å². The average molecular weight is 301 g/mol. The fourth-order valence-electron chi connectivity index (χ4n) is 1.49. The van der Waals surface area contributed by atoms with E-state index in [0.29, 0.717) is 5.71 Å². The molecule has 0 bridgehead atoms. The molecule has 7 heteroatoms. The molecule has 0 aliphatic carbocycles. The van der Waals surface area contributed by atoms with E-state index in [4.69, 9.17) is 4.84 Å². The fourth-order valence-corrected chi connectivity index (χ4v) is 1.49. The van der Waals surface area contributed by atoms with Crippen molar-refractivity contribution in [2.24, 2.45) is 10.1 Å². The standard InChI is InChI=1S/C15H16FN5O/c1-11(12-7-5-4-6-8-12)20-22-15-17-9-13(16)14(19-15)18-10-21(2)3/h4-10H,1-3H3/b18-10?,20-11+. The molecule has 114 valence electrons. The lowest BCUT2D eigenvalue weighted by Crippen LogP contribution is -2.07. The van der Waals surface area contributed by atoms with E-state index in [2.05, 4.69) is 20.1 Å². The van der Waals surface area contributed by atoms with Crippen molar-refractivity contribution in [1.82, 2.24) is 14.9 Å². The Morgan fingerprint density at radius 3 is 2.68 bits per heavy atom. The summed E-state index contributed by atoms with van der Waals surface area (Å²) in [7, 11) is 3.54. The van der Waals surface area contributed by atoms with Crippen LogP contribution in [0.2, 0.25) is 0 Å². The zero-order valence-electron chi connectivity index (χ0n) is 12.6. The van der Waals surface area contributed by atoms with E-state index in [1.54, 1.807) is 25.9 Å². The van der Waals surface area contributed by atoms with E-state index in [1.807, 2.05) is 30.3 Å². The smallest absolute Gasteiger partial charge is 0.347 e. The van der Waals surface area contributed by atoms with E-state index in [1.165, 1.54) is 6.34 Å². The molecule has 0 aliphatic heterocycles. The minimum absolute atomic E-state index is 0.0670. The van der Waals surface area contributed by atoms with Crippen LogP contribution in [-0.4, -0.2) is 41.0 Å². The predicted molar refractivity (Wildman–Crippen MR) is 83.1 cm³/mol. The first-order valence-corrected chi connectivity index (χ1v) is 6.56. The van der Waals surface area contributed by atoms with Gasteiger partial charge in [0.15, 0.2) is 11.6 Å². The Labute approximate surface area is 128 Å². The van der Waals surface area contributed by atoms with Crippen molar-refractivity contribution in [3.63, 3.8) is 0 Å². The second-order valence-corrected chi connectivity index (χ2v) is 4.67. The molecular weight excluding hydrogens is 285 g/mol. The number of rotatable bonds is 5. The fraction of sp³-hybridized carbons (Fsp3) is 0.200. The summed E-state index contributed by atoms with van der Waals surface area (Å²) in [5.74, 6) is -0.736. The molecule has 0 fully saturated rings. The van der Waals surface area contributed by atoms with Gasteiger partial charge in [-0.2, -0.15) is 9.97 Å². The van der Waals surface area contributed by atoms with Crippen molar-refractivity contribution in [2.75, 3.05) is 14.1 Å². The molecule has 1 aromatic carbocycles. The molecular formula is C15H16FN5O. The van der Waals surface area contributed by atoms with Gasteiger partial charge in [-0.05, 0) is 12.5 Å². The second-order valence-electron chi connectivity index (χ2n) is 4.67. The summed E-state index contributed by atoms with van der Waals surface area (Å²) in [6.07, 6.45) is 2.44. The third-order valence-electron chi connectivity index (χ3n) is 2.57. The third kappa shape index (κ3) is 4.34. The van der Waals surface area contributed by atoms with Crippen LogP contribution in [0.5, 0.6) is 6.01 Å². The van der Waals surface area contributed by atoms with Crippen LogP contribution in [0.4, 0.5) is 10.2 Å². The maximum atomic E-state index is 13.5. The molecule has 0 amide bonds. The minimum atomic E-state index is -0.630. The highest BCUT2D eigenvalue weighted by Crippen LogP contribution is 2.16. The van der Waals surface area contributed by atoms with Crippen molar-refractivity contribution in [3.05, 3.63) is 47.9 Å². The highest BCUT2D eigenvalue weighted by atomic mass is 19.1. The Balaban J connectivity index is 2.15. The number of aliphatic imine (C=N–C) groups is 1. The predicted octanol–water partition coefficient (Wildman–Crippen LogP) is 2.64. The Bertz CT molecular complexity index is 686. The molecule has 6 nitrogen and oxygen atoms in total. The lowest BCUT2D eigenvalue weighted by atomic mass is 10.1. The normalized spacial score (nSPS) is 11.7. The molecule has 22 heavy (non-hydrogen) atoms. The summed E-state index contributed by atoms with van der Waals surface area (Å²) in [6, 6.07) is 9.45. The largest absolute Gasteiger partial charge is 0.369 e. The van der Waals surface area contributed by atoms with Gasteiger partial charge < -0.3 is 9.74 Å². The third-order valence-corrected chi connectivity index (χ3v) is 2.57. The van der Waals surface area contributed by atoms with Crippen LogP contribution in [0.1, 0.15) is 12.5 Å². The summed E-state index contributed by atoms with van der Waals surface area (Å²) in [5, 5.41) is 3.94. The van der Waals surface area contributed by atoms with Crippen molar-refractivity contribution >= 4 is 17.9 Å². The number of halogens is 1. The molecule has 2 aromatic rings.